The van der Waals surface area contributed by atoms with E-state index in [9.17, 15) is 4.79 Å². The highest BCUT2D eigenvalue weighted by molar-refractivity contribution is 5.80. The number of ether oxygens (including phenoxy) is 2. The molecule has 0 aliphatic heterocycles. The number of unbranched alkanes of at least 4 members (excludes halogenated alkanes) is 1. The van der Waals surface area contributed by atoms with Crippen LogP contribution < -0.4 is 5.32 Å². The summed E-state index contributed by atoms with van der Waals surface area (Å²) in [4.78, 5) is 11.6. The zero-order valence-electron chi connectivity index (χ0n) is 12.5. The molecule has 0 saturated carbocycles. The van der Waals surface area contributed by atoms with E-state index in [1.54, 1.807) is 14.0 Å². The predicted octanol–water partition coefficient (Wildman–Crippen LogP) is 2.37. The van der Waals surface area contributed by atoms with Crippen molar-refractivity contribution in [1.29, 1.82) is 0 Å². The molecule has 1 N–H and O–H groups in total. The van der Waals surface area contributed by atoms with Gasteiger partial charge in [-0.2, -0.15) is 0 Å². The van der Waals surface area contributed by atoms with Gasteiger partial charge in [0.15, 0.2) is 0 Å². The third-order valence-corrected chi connectivity index (χ3v) is 3.48. The lowest BCUT2D eigenvalue weighted by molar-refractivity contribution is -0.150. The second kappa shape index (κ2) is 9.34. The lowest BCUT2D eigenvalue weighted by Gasteiger charge is -2.26. The molecule has 0 fully saturated rings. The summed E-state index contributed by atoms with van der Waals surface area (Å²) < 4.78 is 10.5. The number of nitrogens with one attached hydrogen (secondary N) is 1. The Labute approximate surface area is 111 Å². The summed E-state index contributed by atoms with van der Waals surface area (Å²) in [6.45, 7) is 7.24. The largest absolute Gasteiger partial charge is 0.468 e. The van der Waals surface area contributed by atoms with Gasteiger partial charge >= 0.3 is 5.97 Å². The van der Waals surface area contributed by atoms with Gasteiger partial charge in [-0.05, 0) is 26.3 Å². The predicted molar refractivity (Wildman–Crippen MR) is 73.6 cm³/mol. The van der Waals surface area contributed by atoms with Crippen LogP contribution in [0, 0.1) is 5.92 Å². The number of rotatable bonds is 10. The standard InChI is InChI=1S/C14H29NO3/c1-6-8-9-12(7-2)10-18-11-14(3,15-4)13(16)17-5/h12,15H,6-11H2,1-5H3. The van der Waals surface area contributed by atoms with Crippen LogP contribution in [0.3, 0.4) is 0 Å². The molecule has 0 saturated heterocycles. The van der Waals surface area contributed by atoms with E-state index in [0.29, 0.717) is 19.1 Å². The summed E-state index contributed by atoms with van der Waals surface area (Å²) >= 11 is 0. The minimum Gasteiger partial charge on any atom is -0.468 e. The molecule has 4 heteroatoms. The molecule has 0 heterocycles. The van der Waals surface area contributed by atoms with Crippen LogP contribution in [-0.2, 0) is 14.3 Å². The van der Waals surface area contributed by atoms with E-state index in [0.717, 1.165) is 6.42 Å². The van der Waals surface area contributed by atoms with Crippen molar-refractivity contribution in [3.05, 3.63) is 0 Å². The maximum Gasteiger partial charge on any atom is 0.328 e. The zero-order valence-corrected chi connectivity index (χ0v) is 12.5. The zero-order chi connectivity index (χ0) is 14.0. The van der Waals surface area contributed by atoms with Crippen molar-refractivity contribution in [2.45, 2.75) is 52.0 Å². The van der Waals surface area contributed by atoms with Gasteiger partial charge in [0.1, 0.15) is 5.54 Å². The van der Waals surface area contributed by atoms with Crippen LogP contribution in [0.25, 0.3) is 0 Å². The average molecular weight is 259 g/mol. The summed E-state index contributed by atoms with van der Waals surface area (Å²) in [6, 6.07) is 0. The van der Waals surface area contributed by atoms with Gasteiger partial charge < -0.3 is 14.8 Å². The van der Waals surface area contributed by atoms with Gasteiger partial charge in [0.2, 0.25) is 0 Å². The maximum absolute atomic E-state index is 11.6. The number of hydrogen-bond acceptors (Lipinski definition) is 4. The molecule has 18 heavy (non-hydrogen) atoms. The third kappa shape index (κ3) is 5.83. The first-order valence-electron chi connectivity index (χ1n) is 6.89. The molecule has 0 bridgehead atoms. The van der Waals surface area contributed by atoms with Crippen molar-refractivity contribution >= 4 is 5.97 Å². The van der Waals surface area contributed by atoms with E-state index >= 15 is 0 Å². The Morgan fingerprint density at radius 1 is 1.39 bits per heavy atom. The van der Waals surface area contributed by atoms with Crippen LogP contribution in [0.4, 0.5) is 0 Å². The average Bonchev–Trinajstić information content (AvgIpc) is 2.41. The Balaban J connectivity index is 4.09. The summed E-state index contributed by atoms with van der Waals surface area (Å²) in [5.74, 6) is 0.301. The molecule has 0 aromatic rings. The maximum atomic E-state index is 11.6. The number of carbonyl (C=O) groups excluding carboxylic acids is 1. The Hall–Kier alpha value is -0.610. The molecule has 0 spiro atoms. The Morgan fingerprint density at radius 3 is 2.50 bits per heavy atom. The van der Waals surface area contributed by atoms with Gasteiger partial charge in [0.25, 0.3) is 0 Å². The summed E-state index contributed by atoms with van der Waals surface area (Å²) in [5.41, 5.74) is -0.752. The Morgan fingerprint density at radius 2 is 2.06 bits per heavy atom. The van der Waals surface area contributed by atoms with E-state index < -0.39 is 5.54 Å². The highest BCUT2D eigenvalue weighted by Gasteiger charge is 2.33. The number of likely N-dealkylation sites (N-methyl/N-ethyl adjacent to an activating group) is 1. The number of hydrogen-bond donors (Lipinski definition) is 1. The second-order valence-corrected chi connectivity index (χ2v) is 5.01. The van der Waals surface area contributed by atoms with Crippen molar-refractivity contribution in [1.82, 2.24) is 5.32 Å². The molecule has 0 rings (SSSR count). The Bertz CT molecular complexity index is 233. The monoisotopic (exact) mass is 259 g/mol. The van der Waals surface area contributed by atoms with E-state index in [1.165, 1.54) is 26.4 Å². The van der Waals surface area contributed by atoms with Gasteiger partial charge in [-0.25, -0.2) is 4.79 Å². The molecule has 4 nitrogen and oxygen atoms in total. The fourth-order valence-electron chi connectivity index (χ4n) is 1.79. The van der Waals surface area contributed by atoms with E-state index in [-0.39, 0.29) is 5.97 Å². The molecular formula is C14H29NO3. The smallest absolute Gasteiger partial charge is 0.328 e. The van der Waals surface area contributed by atoms with Crippen LogP contribution in [0.5, 0.6) is 0 Å². The van der Waals surface area contributed by atoms with E-state index in [4.69, 9.17) is 9.47 Å². The highest BCUT2D eigenvalue weighted by atomic mass is 16.5. The molecule has 0 aromatic carbocycles. The lowest BCUT2D eigenvalue weighted by atomic mass is 10.00. The molecule has 0 amide bonds. The molecular weight excluding hydrogens is 230 g/mol. The highest BCUT2D eigenvalue weighted by Crippen LogP contribution is 2.14. The lowest BCUT2D eigenvalue weighted by Crippen LogP contribution is -2.52. The summed E-state index contributed by atoms with van der Waals surface area (Å²) in [6.07, 6.45) is 4.77. The minimum absolute atomic E-state index is 0.286. The van der Waals surface area contributed by atoms with Crippen molar-refractivity contribution < 1.29 is 14.3 Å². The molecule has 0 radical (unpaired) electrons. The first-order chi connectivity index (χ1) is 8.53. The number of methoxy groups -OCH3 is 1. The van der Waals surface area contributed by atoms with Crippen LogP contribution in [0.2, 0.25) is 0 Å². The minimum atomic E-state index is -0.752. The SMILES string of the molecule is CCCCC(CC)COCC(C)(NC)C(=O)OC. The fourth-order valence-corrected chi connectivity index (χ4v) is 1.79. The van der Waals surface area contributed by atoms with Crippen molar-refractivity contribution in [3.63, 3.8) is 0 Å². The quantitative estimate of drug-likeness (QED) is 0.612. The molecule has 108 valence electrons. The third-order valence-electron chi connectivity index (χ3n) is 3.48. The first kappa shape index (κ1) is 17.4. The van der Waals surface area contributed by atoms with Crippen molar-refractivity contribution in [2.75, 3.05) is 27.4 Å². The summed E-state index contributed by atoms with van der Waals surface area (Å²) in [5, 5.41) is 2.96. The van der Waals surface area contributed by atoms with Gasteiger partial charge in [-0.3, -0.25) is 0 Å². The van der Waals surface area contributed by atoms with Crippen molar-refractivity contribution in [2.24, 2.45) is 5.92 Å². The van der Waals surface area contributed by atoms with Gasteiger partial charge in [-0.1, -0.05) is 33.1 Å². The molecule has 0 aliphatic carbocycles. The normalized spacial score (nSPS) is 16.1. The molecule has 2 unspecified atom stereocenters. The molecule has 2 atom stereocenters. The topological polar surface area (TPSA) is 47.6 Å². The number of carbonyl (C=O) groups is 1. The van der Waals surface area contributed by atoms with Gasteiger partial charge in [-0.15, -0.1) is 0 Å². The molecule has 0 aliphatic rings. The molecule has 0 aromatic heterocycles. The van der Waals surface area contributed by atoms with E-state index in [1.807, 2.05) is 0 Å². The van der Waals surface area contributed by atoms with Gasteiger partial charge in [0.05, 0.1) is 13.7 Å². The van der Waals surface area contributed by atoms with Crippen LogP contribution in [0.1, 0.15) is 46.5 Å². The Kier molecular flexibility index (Phi) is 9.02. The first-order valence-corrected chi connectivity index (χ1v) is 6.89. The van der Waals surface area contributed by atoms with Crippen molar-refractivity contribution in [3.8, 4) is 0 Å². The second-order valence-electron chi connectivity index (χ2n) is 5.01. The van der Waals surface area contributed by atoms with Crippen LogP contribution >= 0.6 is 0 Å². The van der Waals surface area contributed by atoms with Crippen LogP contribution in [-0.4, -0.2) is 38.9 Å². The van der Waals surface area contributed by atoms with E-state index in [2.05, 4.69) is 19.2 Å². The van der Waals surface area contributed by atoms with Gasteiger partial charge in [0, 0.05) is 6.61 Å². The fraction of sp³-hybridized carbons (Fsp3) is 0.929. The van der Waals surface area contributed by atoms with Crippen LogP contribution in [0.15, 0.2) is 0 Å². The summed E-state index contributed by atoms with van der Waals surface area (Å²) in [7, 11) is 3.14. The number of esters is 1.